The van der Waals surface area contributed by atoms with Gasteiger partial charge in [-0.3, -0.25) is 9.48 Å². The van der Waals surface area contributed by atoms with Crippen molar-refractivity contribution >= 4 is 5.91 Å². The summed E-state index contributed by atoms with van der Waals surface area (Å²) in [7, 11) is 1.84. The lowest BCUT2D eigenvalue weighted by molar-refractivity contribution is 0.0707. The fourth-order valence-corrected chi connectivity index (χ4v) is 2.91. The van der Waals surface area contributed by atoms with Crippen LogP contribution in [0.15, 0.2) is 6.07 Å². The summed E-state index contributed by atoms with van der Waals surface area (Å²) < 4.78 is 1.69. The highest BCUT2D eigenvalue weighted by Gasteiger charge is 2.23. The Morgan fingerprint density at radius 3 is 2.95 bits per heavy atom. The molecule has 2 heterocycles. The number of carbonyl (C=O) groups excluding carboxylic acids is 1. The molecule has 0 aromatic carbocycles. The van der Waals surface area contributed by atoms with Crippen molar-refractivity contribution < 1.29 is 4.79 Å². The molecule has 0 bridgehead atoms. The van der Waals surface area contributed by atoms with Crippen LogP contribution in [0.3, 0.4) is 0 Å². The normalized spacial score (nSPS) is 19.1. The molecule has 20 heavy (non-hydrogen) atoms. The topological polar surface area (TPSA) is 50.2 Å². The van der Waals surface area contributed by atoms with E-state index in [9.17, 15) is 4.79 Å². The van der Waals surface area contributed by atoms with Crippen LogP contribution in [0.25, 0.3) is 0 Å². The summed E-state index contributed by atoms with van der Waals surface area (Å²) in [5.41, 5.74) is 1.59. The van der Waals surface area contributed by atoms with Gasteiger partial charge in [-0.1, -0.05) is 6.92 Å². The Morgan fingerprint density at radius 1 is 1.60 bits per heavy atom. The SMILES string of the molecule is CCCN(CC1CCCNC1)C(=O)c1cc(C)nn1C. The number of rotatable bonds is 5. The molecule has 5 nitrogen and oxygen atoms in total. The van der Waals surface area contributed by atoms with Crippen LogP contribution in [0.1, 0.15) is 42.4 Å². The number of carbonyl (C=O) groups is 1. The summed E-state index contributed by atoms with van der Waals surface area (Å²) >= 11 is 0. The molecule has 0 spiro atoms. The Balaban J connectivity index is 2.06. The van der Waals surface area contributed by atoms with E-state index in [-0.39, 0.29) is 5.91 Å². The summed E-state index contributed by atoms with van der Waals surface area (Å²) in [6.07, 6.45) is 3.41. The van der Waals surface area contributed by atoms with Gasteiger partial charge in [0.25, 0.3) is 5.91 Å². The van der Waals surface area contributed by atoms with Crippen LogP contribution in [0.5, 0.6) is 0 Å². The van der Waals surface area contributed by atoms with E-state index in [2.05, 4.69) is 17.3 Å². The van der Waals surface area contributed by atoms with E-state index in [4.69, 9.17) is 0 Å². The molecule has 1 aliphatic heterocycles. The molecular weight excluding hydrogens is 252 g/mol. The molecule has 1 saturated heterocycles. The lowest BCUT2D eigenvalue weighted by atomic mass is 9.99. The second kappa shape index (κ2) is 6.88. The maximum absolute atomic E-state index is 12.7. The smallest absolute Gasteiger partial charge is 0.272 e. The van der Waals surface area contributed by atoms with Crippen LogP contribution in [-0.4, -0.2) is 46.8 Å². The predicted octanol–water partition coefficient (Wildman–Crippen LogP) is 1.58. The van der Waals surface area contributed by atoms with Crippen molar-refractivity contribution in [2.75, 3.05) is 26.2 Å². The van der Waals surface area contributed by atoms with Crippen molar-refractivity contribution in [1.82, 2.24) is 20.0 Å². The summed E-state index contributed by atoms with van der Waals surface area (Å²) in [5, 5.41) is 7.70. The Bertz CT molecular complexity index is 449. The average Bonchev–Trinajstić information content (AvgIpc) is 2.77. The molecule has 112 valence electrons. The Labute approximate surface area is 121 Å². The Morgan fingerprint density at radius 2 is 2.40 bits per heavy atom. The molecule has 0 radical (unpaired) electrons. The number of aromatic nitrogens is 2. The number of piperidine rings is 1. The molecule has 0 aliphatic carbocycles. The lowest BCUT2D eigenvalue weighted by Crippen LogP contribution is -2.41. The van der Waals surface area contributed by atoms with E-state index in [1.807, 2.05) is 24.9 Å². The molecule has 2 rings (SSSR count). The maximum atomic E-state index is 12.7. The first kappa shape index (κ1) is 15.0. The monoisotopic (exact) mass is 278 g/mol. The van der Waals surface area contributed by atoms with Gasteiger partial charge in [-0.15, -0.1) is 0 Å². The fraction of sp³-hybridized carbons (Fsp3) is 0.733. The molecule has 0 saturated carbocycles. The molecule has 1 unspecified atom stereocenters. The predicted molar refractivity (Wildman–Crippen MR) is 79.7 cm³/mol. The Hall–Kier alpha value is -1.36. The van der Waals surface area contributed by atoms with Crippen molar-refractivity contribution in [1.29, 1.82) is 0 Å². The number of aryl methyl sites for hydroxylation is 2. The molecule has 1 aromatic rings. The van der Waals surface area contributed by atoms with Crippen LogP contribution in [0, 0.1) is 12.8 Å². The van der Waals surface area contributed by atoms with Gasteiger partial charge in [-0.05, 0) is 51.3 Å². The second-order valence-electron chi connectivity index (χ2n) is 5.76. The van der Waals surface area contributed by atoms with E-state index in [1.165, 1.54) is 12.8 Å². The van der Waals surface area contributed by atoms with Gasteiger partial charge in [0.1, 0.15) is 5.69 Å². The van der Waals surface area contributed by atoms with Gasteiger partial charge in [0, 0.05) is 20.1 Å². The molecule has 5 heteroatoms. The summed E-state index contributed by atoms with van der Waals surface area (Å²) in [5.74, 6) is 0.689. The quantitative estimate of drug-likeness (QED) is 0.889. The molecule has 1 aliphatic rings. The van der Waals surface area contributed by atoms with E-state index in [1.54, 1.807) is 4.68 Å². The third kappa shape index (κ3) is 3.60. The minimum atomic E-state index is 0.112. The summed E-state index contributed by atoms with van der Waals surface area (Å²) in [4.78, 5) is 14.7. The van der Waals surface area contributed by atoms with Gasteiger partial charge >= 0.3 is 0 Å². The van der Waals surface area contributed by atoms with E-state index in [0.717, 1.165) is 38.3 Å². The number of nitrogens with one attached hydrogen (secondary N) is 1. The van der Waals surface area contributed by atoms with Crippen molar-refractivity contribution in [3.05, 3.63) is 17.5 Å². The van der Waals surface area contributed by atoms with Crippen molar-refractivity contribution in [2.24, 2.45) is 13.0 Å². The zero-order valence-corrected chi connectivity index (χ0v) is 12.9. The average molecular weight is 278 g/mol. The minimum Gasteiger partial charge on any atom is -0.337 e. The molecule has 1 aromatic heterocycles. The summed E-state index contributed by atoms with van der Waals surface area (Å²) in [6.45, 7) is 7.85. The molecule has 1 amide bonds. The van der Waals surface area contributed by atoms with Gasteiger partial charge < -0.3 is 10.2 Å². The lowest BCUT2D eigenvalue weighted by Gasteiger charge is -2.30. The third-order valence-corrected chi connectivity index (χ3v) is 3.88. The van der Waals surface area contributed by atoms with Crippen LogP contribution in [-0.2, 0) is 7.05 Å². The Kier molecular flexibility index (Phi) is 5.17. The molecule has 1 fully saturated rings. The van der Waals surface area contributed by atoms with Crippen LogP contribution in [0.2, 0.25) is 0 Å². The first-order valence-corrected chi connectivity index (χ1v) is 7.62. The highest BCUT2D eigenvalue weighted by molar-refractivity contribution is 5.92. The summed E-state index contributed by atoms with van der Waals surface area (Å²) in [6, 6.07) is 1.88. The zero-order chi connectivity index (χ0) is 14.5. The number of hydrogen-bond donors (Lipinski definition) is 1. The molecular formula is C15H26N4O. The first-order chi connectivity index (χ1) is 9.61. The standard InChI is InChI=1S/C15H26N4O/c1-4-8-19(11-13-6-5-7-16-10-13)15(20)14-9-12(2)17-18(14)3/h9,13,16H,4-8,10-11H2,1-3H3. The minimum absolute atomic E-state index is 0.112. The van der Waals surface area contributed by atoms with Crippen LogP contribution >= 0.6 is 0 Å². The van der Waals surface area contributed by atoms with Gasteiger partial charge in [-0.25, -0.2) is 0 Å². The van der Waals surface area contributed by atoms with Crippen molar-refractivity contribution in [3.63, 3.8) is 0 Å². The highest BCUT2D eigenvalue weighted by atomic mass is 16.2. The maximum Gasteiger partial charge on any atom is 0.272 e. The zero-order valence-electron chi connectivity index (χ0n) is 12.9. The van der Waals surface area contributed by atoms with Gasteiger partial charge in [0.2, 0.25) is 0 Å². The molecule has 1 atom stereocenters. The second-order valence-corrected chi connectivity index (χ2v) is 5.76. The van der Waals surface area contributed by atoms with Crippen LogP contribution in [0.4, 0.5) is 0 Å². The largest absolute Gasteiger partial charge is 0.337 e. The van der Waals surface area contributed by atoms with Gasteiger partial charge in [-0.2, -0.15) is 5.10 Å². The third-order valence-electron chi connectivity index (χ3n) is 3.88. The van der Waals surface area contributed by atoms with Crippen LogP contribution < -0.4 is 5.32 Å². The van der Waals surface area contributed by atoms with Gasteiger partial charge in [0.15, 0.2) is 0 Å². The van der Waals surface area contributed by atoms with Crippen molar-refractivity contribution in [2.45, 2.75) is 33.1 Å². The number of amides is 1. The van der Waals surface area contributed by atoms with Gasteiger partial charge in [0.05, 0.1) is 5.69 Å². The number of nitrogens with zero attached hydrogens (tertiary/aromatic N) is 3. The number of hydrogen-bond acceptors (Lipinski definition) is 3. The molecule has 1 N–H and O–H groups in total. The fourth-order valence-electron chi connectivity index (χ4n) is 2.91. The van der Waals surface area contributed by atoms with Crippen molar-refractivity contribution in [3.8, 4) is 0 Å². The van der Waals surface area contributed by atoms with E-state index in [0.29, 0.717) is 11.6 Å². The van der Waals surface area contributed by atoms with E-state index < -0.39 is 0 Å². The highest BCUT2D eigenvalue weighted by Crippen LogP contribution is 2.15. The first-order valence-electron chi connectivity index (χ1n) is 7.62. The van der Waals surface area contributed by atoms with E-state index >= 15 is 0 Å².